The lowest BCUT2D eigenvalue weighted by Crippen LogP contribution is -2.05. The molecule has 0 spiro atoms. The highest BCUT2D eigenvalue weighted by Crippen LogP contribution is 2.22. The van der Waals surface area contributed by atoms with Crippen LogP contribution >= 0.6 is 0 Å². The standard InChI is InChI=1S/C17H18N4/c1-13-7-4-5-8-14(13)11-15(12-18)17-20-19-16-9-3-2-6-10-21(16)17/h4-5,7-8,11H,2-3,6,9-10H2,1H3. The van der Waals surface area contributed by atoms with Gasteiger partial charge in [0, 0.05) is 13.0 Å². The summed E-state index contributed by atoms with van der Waals surface area (Å²) in [6.45, 7) is 2.95. The van der Waals surface area contributed by atoms with Gasteiger partial charge in [-0.15, -0.1) is 10.2 Å². The fraction of sp³-hybridized carbons (Fsp3) is 0.353. The monoisotopic (exact) mass is 278 g/mol. The summed E-state index contributed by atoms with van der Waals surface area (Å²) >= 11 is 0. The number of benzene rings is 1. The Morgan fingerprint density at radius 3 is 2.90 bits per heavy atom. The fourth-order valence-corrected chi connectivity index (χ4v) is 2.74. The molecule has 0 N–H and O–H groups in total. The molecule has 0 amide bonds. The van der Waals surface area contributed by atoms with Crippen LogP contribution in [-0.4, -0.2) is 14.8 Å². The maximum Gasteiger partial charge on any atom is 0.174 e. The van der Waals surface area contributed by atoms with Gasteiger partial charge in [-0.2, -0.15) is 5.26 Å². The molecule has 0 unspecified atom stereocenters. The van der Waals surface area contributed by atoms with Crippen LogP contribution in [0.5, 0.6) is 0 Å². The molecule has 0 bridgehead atoms. The Morgan fingerprint density at radius 2 is 2.10 bits per heavy atom. The van der Waals surface area contributed by atoms with Crippen LogP contribution in [0.15, 0.2) is 24.3 Å². The zero-order valence-corrected chi connectivity index (χ0v) is 12.2. The minimum absolute atomic E-state index is 0.588. The Hall–Kier alpha value is -2.41. The maximum absolute atomic E-state index is 9.52. The predicted molar refractivity (Wildman–Crippen MR) is 82.2 cm³/mol. The van der Waals surface area contributed by atoms with Crippen LogP contribution in [0.25, 0.3) is 11.6 Å². The molecular formula is C17H18N4. The molecule has 21 heavy (non-hydrogen) atoms. The van der Waals surface area contributed by atoms with Crippen molar-refractivity contribution in [1.82, 2.24) is 14.8 Å². The number of hydrogen-bond donors (Lipinski definition) is 0. The summed E-state index contributed by atoms with van der Waals surface area (Å²) in [5.41, 5.74) is 2.80. The molecule has 1 aromatic heterocycles. The lowest BCUT2D eigenvalue weighted by atomic mass is 10.1. The number of aromatic nitrogens is 3. The molecule has 106 valence electrons. The molecule has 0 radical (unpaired) electrons. The Labute approximate surface area is 124 Å². The van der Waals surface area contributed by atoms with Gasteiger partial charge in [-0.05, 0) is 37.0 Å². The molecule has 0 fully saturated rings. The van der Waals surface area contributed by atoms with Gasteiger partial charge in [-0.3, -0.25) is 0 Å². The second-order valence-electron chi connectivity index (χ2n) is 5.43. The molecule has 1 aliphatic rings. The Morgan fingerprint density at radius 1 is 1.24 bits per heavy atom. The van der Waals surface area contributed by atoms with Gasteiger partial charge in [-0.1, -0.05) is 30.7 Å². The number of allylic oxidation sites excluding steroid dienone is 1. The van der Waals surface area contributed by atoms with Crippen molar-refractivity contribution < 1.29 is 0 Å². The predicted octanol–water partition coefficient (Wildman–Crippen LogP) is 3.38. The lowest BCUT2D eigenvalue weighted by Gasteiger charge is -2.06. The van der Waals surface area contributed by atoms with Crippen LogP contribution in [0, 0.1) is 18.3 Å². The summed E-state index contributed by atoms with van der Waals surface area (Å²) in [6.07, 6.45) is 6.36. The zero-order chi connectivity index (χ0) is 14.7. The van der Waals surface area contributed by atoms with Gasteiger partial charge in [0.05, 0.1) is 5.57 Å². The van der Waals surface area contributed by atoms with Gasteiger partial charge >= 0.3 is 0 Å². The Kier molecular flexibility index (Phi) is 3.83. The average Bonchev–Trinajstić information content (AvgIpc) is 2.75. The summed E-state index contributed by atoms with van der Waals surface area (Å²) in [5.74, 6) is 1.71. The van der Waals surface area contributed by atoms with Gasteiger partial charge in [0.1, 0.15) is 11.9 Å². The molecule has 0 aliphatic carbocycles. The third-order valence-corrected chi connectivity index (χ3v) is 3.96. The summed E-state index contributed by atoms with van der Waals surface area (Å²) in [4.78, 5) is 0. The van der Waals surface area contributed by atoms with Crippen molar-refractivity contribution in [3.63, 3.8) is 0 Å². The molecule has 1 aromatic carbocycles. The molecule has 2 aromatic rings. The van der Waals surface area contributed by atoms with Gasteiger partial charge in [0.15, 0.2) is 5.82 Å². The largest absolute Gasteiger partial charge is 0.310 e. The van der Waals surface area contributed by atoms with Crippen LogP contribution in [0.1, 0.15) is 42.0 Å². The fourth-order valence-electron chi connectivity index (χ4n) is 2.74. The van der Waals surface area contributed by atoms with Gasteiger partial charge < -0.3 is 4.57 Å². The second kappa shape index (κ2) is 5.92. The first-order valence-corrected chi connectivity index (χ1v) is 7.39. The summed E-state index contributed by atoms with van der Waals surface area (Å²) in [6, 6.07) is 10.3. The van der Waals surface area contributed by atoms with Gasteiger partial charge in [0.2, 0.25) is 0 Å². The molecule has 0 atom stereocenters. The van der Waals surface area contributed by atoms with E-state index in [-0.39, 0.29) is 0 Å². The molecule has 4 nitrogen and oxygen atoms in total. The van der Waals surface area contributed by atoms with E-state index in [0.29, 0.717) is 11.4 Å². The number of rotatable bonds is 2. The van der Waals surface area contributed by atoms with E-state index < -0.39 is 0 Å². The highest BCUT2D eigenvalue weighted by molar-refractivity contribution is 5.87. The first-order valence-electron chi connectivity index (χ1n) is 7.39. The number of aryl methyl sites for hydroxylation is 2. The van der Waals surface area contributed by atoms with E-state index in [4.69, 9.17) is 0 Å². The van der Waals surface area contributed by atoms with Crippen LogP contribution in [0.4, 0.5) is 0 Å². The number of hydrogen-bond acceptors (Lipinski definition) is 3. The van der Waals surface area contributed by atoms with Crippen molar-refractivity contribution in [3.8, 4) is 6.07 Å². The van der Waals surface area contributed by atoms with Gasteiger partial charge in [0.25, 0.3) is 0 Å². The van der Waals surface area contributed by atoms with Crippen LogP contribution in [-0.2, 0) is 13.0 Å². The highest BCUT2D eigenvalue weighted by atomic mass is 15.3. The molecular weight excluding hydrogens is 260 g/mol. The molecule has 0 saturated carbocycles. The number of nitriles is 1. The Balaban J connectivity index is 2.04. The van der Waals surface area contributed by atoms with E-state index in [1.165, 1.54) is 6.42 Å². The van der Waals surface area contributed by atoms with Crippen molar-refractivity contribution in [3.05, 3.63) is 47.0 Å². The van der Waals surface area contributed by atoms with E-state index in [2.05, 4.69) is 20.8 Å². The van der Waals surface area contributed by atoms with Crippen LogP contribution < -0.4 is 0 Å². The first kappa shape index (κ1) is 13.6. The molecule has 3 rings (SSSR count). The van der Waals surface area contributed by atoms with Crippen molar-refractivity contribution in [2.45, 2.75) is 39.2 Å². The quantitative estimate of drug-likeness (QED) is 0.791. The SMILES string of the molecule is Cc1ccccc1C=C(C#N)c1nnc2n1CCCCC2. The average molecular weight is 278 g/mol. The smallest absolute Gasteiger partial charge is 0.174 e. The van der Waals surface area contributed by atoms with E-state index in [1.807, 2.05) is 37.3 Å². The summed E-state index contributed by atoms with van der Waals surface area (Å²) < 4.78 is 2.11. The second-order valence-corrected chi connectivity index (χ2v) is 5.43. The minimum atomic E-state index is 0.588. The Bertz CT molecular complexity index is 719. The van der Waals surface area contributed by atoms with E-state index >= 15 is 0 Å². The third-order valence-electron chi connectivity index (χ3n) is 3.96. The van der Waals surface area contributed by atoms with E-state index in [1.54, 1.807) is 0 Å². The van der Waals surface area contributed by atoms with Crippen molar-refractivity contribution in [2.24, 2.45) is 0 Å². The molecule has 2 heterocycles. The zero-order valence-electron chi connectivity index (χ0n) is 12.2. The summed E-state index contributed by atoms with van der Waals surface area (Å²) in [7, 11) is 0. The topological polar surface area (TPSA) is 54.5 Å². The normalized spacial score (nSPS) is 15.1. The first-order chi connectivity index (χ1) is 10.3. The molecule has 4 heteroatoms. The van der Waals surface area contributed by atoms with Gasteiger partial charge in [-0.25, -0.2) is 0 Å². The van der Waals surface area contributed by atoms with Crippen LogP contribution in [0.2, 0.25) is 0 Å². The van der Waals surface area contributed by atoms with E-state index in [0.717, 1.165) is 42.8 Å². The minimum Gasteiger partial charge on any atom is -0.310 e. The lowest BCUT2D eigenvalue weighted by molar-refractivity contribution is 0.627. The molecule has 0 saturated heterocycles. The van der Waals surface area contributed by atoms with Crippen molar-refractivity contribution in [2.75, 3.05) is 0 Å². The maximum atomic E-state index is 9.52. The third kappa shape index (κ3) is 2.73. The number of nitrogens with zero attached hydrogens (tertiary/aromatic N) is 4. The molecule has 1 aliphatic heterocycles. The summed E-state index contributed by atoms with van der Waals surface area (Å²) in [5, 5.41) is 18.1. The van der Waals surface area contributed by atoms with Crippen molar-refractivity contribution in [1.29, 1.82) is 5.26 Å². The highest BCUT2D eigenvalue weighted by Gasteiger charge is 2.17. The number of fused-ring (bicyclic) bond motifs is 1. The van der Waals surface area contributed by atoms with Crippen molar-refractivity contribution >= 4 is 11.6 Å². The van der Waals surface area contributed by atoms with E-state index in [9.17, 15) is 5.26 Å². The van der Waals surface area contributed by atoms with Crippen LogP contribution in [0.3, 0.4) is 0 Å².